The Kier molecular flexibility index (Phi) is 3.53. The number of imide groups is 1. The maximum absolute atomic E-state index is 12.9. The molecule has 5 heteroatoms. The minimum absolute atomic E-state index is 0.140. The van der Waals surface area contributed by atoms with Crippen LogP contribution in [0.3, 0.4) is 0 Å². The van der Waals surface area contributed by atoms with Crippen LogP contribution in [-0.2, 0) is 9.59 Å². The molecule has 2 fully saturated rings. The van der Waals surface area contributed by atoms with Crippen LogP contribution in [-0.4, -0.2) is 30.9 Å². The van der Waals surface area contributed by atoms with Crippen LogP contribution in [0.4, 0.5) is 10.1 Å². The number of piperidine rings is 1. The number of hydrogen-bond donors (Lipinski definition) is 1. The van der Waals surface area contributed by atoms with Gasteiger partial charge in [-0.15, -0.1) is 0 Å². The van der Waals surface area contributed by atoms with Crippen molar-refractivity contribution < 1.29 is 18.9 Å². The van der Waals surface area contributed by atoms with Crippen LogP contribution in [0, 0.1) is 5.82 Å². The smallest absolute Gasteiger partial charge is 0.292 e. The summed E-state index contributed by atoms with van der Waals surface area (Å²) in [7, 11) is 0. The number of quaternary nitrogens is 1. The second-order valence-corrected chi connectivity index (χ2v) is 5.52. The molecule has 2 aliphatic rings. The van der Waals surface area contributed by atoms with Crippen LogP contribution in [0.2, 0.25) is 0 Å². The topological polar surface area (TPSA) is 41.8 Å². The van der Waals surface area contributed by atoms with Gasteiger partial charge in [-0.25, -0.2) is 9.29 Å². The van der Waals surface area contributed by atoms with Gasteiger partial charge in [-0.2, -0.15) is 0 Å². The highest BCUT2D eigenvalue weighted by Gasteiger charge is 2.45. The van der Waals surface area contributed by atoms with Crippen molar-refractivity contribution in [2.24, 2.45) is 0 Å². The summed E-state index contributed by atoms with van der Waals surface area (Å²) in [6.45, 7) is 1.92. The lowest BCUT2D eigenvalue weighted by atomic mass is 10.1. The van der Waals surface area contributed by atoms with Crippen LogP contribution < -0.4 is 9.80 Å². The van der Waals surface area contributed by atoms with Crippen LogP contribution in [0.25, 0.3) is 0 Å². The summed E-state index contributed by atoms with van der Waals surface area (Å²) >= 11 is 0. The van der Waals surface area contributed by atoms with Gasteiger partial charge in [-0.1, -0.05) is 0 Å². The van der Waals surface area contributed by atoms with E-state index in [9.17, 15) is 14.0 Å². The van der Waals surface area contributed by atoms with Crippen LogP contribution >= 0.6 is 0 Å². The van der Waals surface area contributed by atoms with Crippen LogP contribution in [0.15, 0.2) is 24.3 Å². The van der Waals surface area contributed by atoms with Gasteiger partial charge in [0.25, 0.3) is 5.91 Å². The predicted molar refractivity (Wildman–Crippen MR) is 71.8 cm³/mol. The summed E-state index contributed by atoms with van der Waals surface area (Å²) in [6.07, 6.45) is 3.71. The molecule has 106 valence electrons. The molecule has 0 aromatic heterocycles. The maximum Gasteiger partial charge on any atom is 0.292 e. The Morgan fingerprint density at radius 2 is 1.70 bits per heavy atom. The molecule has 0 bridgehead atoms. The summed E-state index contributed by atoms with van der Waals surface area (Å²) in [5.41, 5.74) is 0.473. The summed E-state index contributed by atoms with van der Waals surface area (Å²) in [5.74, 6) is -0.686. The van der Waals surface area contributed by atoms with E-state index in [-0.39, 0.29) is 30.1 Å². The van der Waals surface area contributed by atoms with Crippen LogP contribution in [0.5, 0.6) is 0 Å². The molecule has 4 nitrogen and oxygen atoms in total. The summed E-state index contributed by atoms with van der Waals surface area (Å²) in [5, 5.41) is 0. The molecule has 1 aromatic rings. The molecule has 1 N–H and O–H groups in total. The molecule has 1 aromatic carbocycles. The molecular formula is C15H18FN2O2+. The van der Waals surface area contributed by atoms with Crippen molar-refractivity contribution in [3.63, 3.8) is 0 Å². The van der Waals surface area contributed by atoms with Gasteiger partial charge in [0.2, 0.25) is 5.91 Å². The highest BCUT2D eigenvalue weighted by Crippen LogP contribution is 2.22. The first-order valence-electron chi connectivity index (χ1n) is 7.14. The van der Waals surface area contributed by atoms with E-state index >= 15 is 0 Å². The lowest BCUT2D eigenvalue weighted by Gasteiger charge is -2.27. The first kappa shape index (κ1) is 13.2. The monoisotopic (exact) mass is 277 g/mol. The maximum atomic E-state index is 12.9. The molecule has 0 radical (unpaired) electrons. The quantitative estimate of drug-likeness (QED) is 0.801. The van der Waals surface area contributed by atoms with E-state index < -0.39 is 0 Å². The Labute approximate surface area is 117 Å². The number of likely N-dealkylation sites (tertiary alicyclic amines) is 1. The van der Waals surface area contributed by atoms with E-state index in [4.69, 9.17) is 0 Å². The van der Waals surface area contributed by atoms with E-state index in [1.807, 2.05) is 0 Å². The van der Waals surface area contributed by atoms with Gasteiger partial charge in [0.15, 0.2) is 6.04 Å². The number of halogens is 1. The van der Waals surface area contributed by atoms with Crippen LogP contribution in [0.1, 0.15) is 25.7 Å². The lowest BCUT2D eigenvalue weighted by molar-refractivity contribution is -0.919. The molecule has 0 unspecified atom stereocenters. The minimum atomic E-state index is -0.369. The normalized spacial score (nSPS) is 24.4. The molecule has 1 atom stereocenters. The van der Waals surface area contributed by atoms with Crippen molar-refractivity contribution >= 4 is 17.5 Å². The van der Waals surface area contributed by atoms with E-state index in [0.717, 1.165) is 25.9 Å². The zero-order valence-electron chi connectivity index (χ0n) is 11.3. The van der Waals surface area contributed by atoms with Gasteiger partial charge in [-0.3, -0.25) is 9.59 Å². The van der Waals surface area contributed by atoms with Gasteiger partial charge in [0, 0.05) is 0 Å². The minimum Gasteiger partial charge on any atom is -0.324 e. The van der Waals surface area contributed by atoms with Crippen molar-refractivity contribution in [2.75, 3.05) is 18.0 Å². The van der Waals surface area contributed by atoms with Gasteiger partial charge in [-0.05, 0) is 43.5 Å². The first-order chi connectivity index (χ1) is 9.66. The second-order valence-electron chi connectivity index (χ2n) is 5.52. The highest BCUT2D eigenvalue weighted by atomic mass is 19.1. The molecule has 0 aliphatic carbocycles. The number of carbonyl (C=O) groups excluding carboxylic acids is 2. The number of nitrogens with zero attached hydrogens (tertiary/aromatic N) is 1. The van der Waals surface area contributed by atoms with E-state index in [0.29, 0.717) is 5.69 Å². The molecule has 20 heavy (non-hydrogen) atoms. The highest BCUT2D eigenvalue weighted by molar-refractivity contribution is 6.21. The number of rotatable bonds is 2. The summed E-state index contributed by atoms with van der Waals surface area (Å²) in [4.78, 5) is 27.0. The Hall–Kier alpha value is -1.75. The van der Waals surface area contributed by atoms with Gasteiger partial charge in [0.1, 0.15) is 5.82 Å². The van der Waals surface area contributed by atoms with E-state index in [2.05, 4.69) is 0 Å². The molecular weight excluding hydrogens is 259 g/mol. The molecule has 0 spiro atoms. The SMILES string of the molecule is O=C1C[C@@H]([NH+]2CCCCC2)C(=O)N1c1ccc(F)cc1. The number of nitrogens with one attached hydrogen (secondary N) is 1. The molecule has 0 saturated carbocycles. The standard InChI is InChI=1S/C15H17FN2O2/c16-11-4-6-12(7-5-11)18-14(19)10-13(15(18)20)17-8-2-1-3-9-17/h4-7,13H,1-3,8-10H2/p+1/t13-/m1/s1. The second kappa shape index (κ2) is 5.32. The summed E-state index contributed by atoms with van der Waals surface area (Å²) < 4.78 is 12.9. The largest absolute Gasteiger partial charge is 0.324 e. The fourth-order valence-corrected chi connectivity index (χ4v) is 3.17. The number of benzene rings is 1. The van der Waals surface area contributed by atoms with Gasteiger partial charge in [0.05, 0.1) is 25.2 Å². The van der Waals surface area contributed by atoms with Crippen molar-refractivity contribution in [1.82, 2.24) is 0 Å². The molecule has 2 amide bonds. The van der Waals surface area contributed by atoms with E-state index in [1.54, 1.807) is 0 Å². The fraction of sp³-hybridized carbons (Fsp3) is 0.467. The average Bonchev–Trinajstić information content (AvgIpc) is 2.76. The number of carbonyl (C=O) groups is 2. The first-order valence-corrected chi connectivity index (χ1v) is 7.14. The fourth-order valence-electron chi connectivity index (χ4n) is 3.17. The van der Waals surface area contributed by atoms with Crippen molar-refractivity contribution in [3.05, 3.63) is 30.1 Å². The third-order valence-corrected chi connectivity index (χ3v) is 4.22. The van der Waals surface area contributed by atoms with Crippen molar-refractivity contribution in [1.29, 1.82) is 0 Å². The predicted octanol–water partition coefficient (Wildman–Crippen LogP) is 0.526. The molecule has 3 rings (SSSR count). The molecule has 2 heterocycles. The van der Waals surface area contributed by atoms with Gasteiger partial charge >= 0.3 is 0 Å². The Morgan fingerprint density at radius 3 is 2.35 bits per heavy atom. The average molecular weight is 277 g/mol. The zero-order chi connectivity index (χ0) is 14.1. The van der Waals surface area contributed by atoms with Gasteiger partial charge < -0.3 is 4.90 Å². The Morgan fingerprint density at radius 1 is 1.05 bits per heavy atom. The molecule has 2 saturated heterocycles. The number of hydrogen-bond acceptors (Lipinski definition) is 2. The molecule has 2 aliphatic heterocycles. The summed E-state index contributed by atoms with van der Waals surface area (Å²) in [6, 6.07) is 5.26. The van der Waals surface area contributed by atoms with Crippen molar-refractivity contribution in [3.8, 4) is 0 Å². The lowest BCUT2D eigenvalue weighted by Crippen LogP contribution is -3.17. The van der Waals surface area contributed by atoms with E-state index in [1.165, 1.54) is 40.5 Å². The third kappa shape index (κ3) is 2.33. The Balaban J connectivity index is 1.81. The number of anilines is 1. The zero-order valence-corrected chi connectivity index (χ0v) is 11.3. The van der Waals surface area contributed by atoms with Crippen molar-refractivity contribution in [2.45, 2.75) is 31.7 Å². The third-order valence-electron chi connectivity index (χ3n) is 4.22. The Bertz CT molecular complexity index is 523. The number of amides is 2.